The normalized spacial score (nSPS) is 10.9. The summed E-state index contributed by atoms with van der Waals surface area (Å²) in [5, 5.41) is 0. The van der Waals surface area contributed by atoms with Gasteiger partial charge in [-0.25, -0.2) is 4.39 Å². The molecule has 0 fully saturated rings. The monoisotopic (exact) mass is 241 g/mol. The first-order valence-corrected chi connectivity index (χ1v) is 5.66. The zero-order valence-corrected chi connectivity index (χ0v) is 10.2. The van der Waals surface area contributed by atoms with Crippen LogP contribution < -0.4 is 16.2 Å². The maximum atomic E-state index is 13.5. The van der Waals surface area contributed by atoms with E-state index in [9.17, 15) is 4.39 Å². The number of benzene rings is 1. The predicted octanol–water partition coefficient (Wildman–Crippen LogP) is 0.554. The minimum absolute atomic E-state index is 0.262. The summed E-state index contributed by atoms with van der Waals surface area (Å²) in [5.74, 6) is -0.0802. The number of nitrogens with zero attached hydrogens (tertiary/aromatic N) is 1. The molecule has 96 valence electrons. The summed E-state index contributed by atoms with van der Waals surface area (Å²) in [7, 11) is 1.45. The molecule has 0 bridgehead atoms. The summed E-state index contributed by atoms with van der Waals surface area (Å²) in [6.07, 6.45) is 0. The molecular formula is C12H20FN3O. The Morgan fingerprint density at radius 3 is 2.35 bits per heavy atom. The van der Waals surface area contributed by atoms with Crippen LogP contribution in [0, 0.1) is 5.82 Å². The van der Waals surface area contributed by atoms with E-state index in [-0.39, 0.29) is 11.6 Å². The molecule has 0 aromatic heterocycles. The summed E-state index contributed by atoms with van der Waals surface area (Å²) in [6.45, 7) is 3.29. The summed E-state index contributed by atoms with van der Waals surface area (Å²) >= 11 is 0. The molecule has 0 aliphatic carbocycles. The van der Waals surface area contributed by atoms with Gasteiger partial charge in [0.15, 0.2) is 11.6 Å². The second kappa shape index (κ2) is 7.21. The van der Waals surface area contributed by atoms with E-state index < -0.39 is 0 Å². The van der Waals surface area contributed by atoms with Crippen molar-refractivity contribution >= 4 is 0 Å². The van der Waals surface area contributed by atoms with Crippen LogP contribution in [0.25, 0.3) is 0 Å². The van der Waals surface area contributed by atoms with Crippen molar-refractivity contribution in [1.29, 1.82) is 0 Å². The summed E-state index contributed by atoms with van der Waals surface area (Å²) in [4.78, 5) is 2.10. The Morgan fingerprint density at radius 1 is 1.24 bits per heavy atom. The van der Waals surface area contributed by atoms with Gasteiger partial charge in [0.2, 0.25) is 0 Å². The molecule has 5 heteroatoms. The highest BCUT2D eigenvalue weighted by Gasteiger charge is 2.07. The number of methoxy groups -OCH3 is 1. The quantitative estimate of drug-likeness (QED) is 0.732. The maximum Gasteiger partial charge on any atom is 0.165 e. The Labute approximate surface area is 101 Å². The highest BCUT2D eigenvalue weighted by Crippen LogP contribution is 2.18. The molecule has 0 unspecified atom stereocenters. The van der Waals surface area contributed by atoms with Gasteiger partial charge in [-0.3, -0.25) is 4.90 Å². The molecule has 0 aliphatic heterocycles. The average Bonchev–Trinajstić information content (AvgIpc) is 2.30. The van der Waals surface area contributed by atoms with Gasteiger partial charge in [0.25, 0.3) is 0 Å². The molecule has 0 saturated carbocycles. The third-order valence-corrected chi connectivity index (χ3v) is 2.51. The minimum atomic E-state index is -0.342. The van der Waals surface area contributed by atoms with Crippen molar-refractivity contribution in [2.45, 2.75) is 6.54 Å². The lowest BCUT2D eigenvalue weighted by Gasteiger charge is -2.20. The maximum absolute atomic E-state index is 13.5. The van der Waals surface area contributed by atoms with Crippen molar-refractivity contribution in [1.82, 2.24) is 4.90 Å². The molecule has 0 amide bonds. The van der Waals surface area contributed by atoms with Gasteiger partial charge in [0.05, 0.1) is 7.11 Å². The van der Waals surface area contributed by atoms with Crippen molar-refractivity contribution in [2.75, 3.05) is 33.3 Å². The Kier molecular flexibility index (Phi) is 5.90. The second-order valence-electron chi connectivity index (χ2n) is 3.82. The molecule has 1 aromatic carbocycles. The topological polar surface area (TPSA) is 64.5 Å². The van der Waals surface area contributed by atoms with Crippen molar-refractivity contribution in [3.8, 4) is 5.75 Å². The highest BCUT2D eigenvalue weighted by molar-refractivity contribution is 5.29. The molecule has 17 heavy (non-hydrogen) atoms. The van der Waals surface area contributed by atoms with E-state index in [2.05, 4.69) is 4.90 Å². The predicted molar refractivity (Wildman–Crippen MR) is 66.3 cm³/mol. The highest BCUT2D eigenvalue weighted by atomic mass is 19.1. The lowest BCUT2D eigenvalue weighted by molar-refractivity contribution is 0.280. The third kappa shape index (κ3) is 4.30. The Morgan fingerprint density at radius 2 is 1.88 bits per heavy atom. The van der Waals surface area contributed by atoms with Gasteiger partial charge in [-0.15, -0.1) is 0 Å². The number of rotatable bonds is 7. The van der Waals surface area contributed by atoms with E-state index in [1.165, 1.54) is 13.2 Å². The van der Waals surface area contributed by atoms with E-state index >= 15 is 0 Å². The summed E-state index contributed by atoms with van der Waals surface area (Å²) in [5.41, 5.74) is 11.9. The van der Waals surface area contributed by atoms with Crippen LogP contribution >= 0.6 is 0 Å². The van der Waals surface area contributed by atoms with Gasteiger partial charge in [0, 0.05) is 32.7 Å². The smallest absolute Gasteiger partial charge is 0.165 e. The molecule has 0 atom stereocenters. The SMILES string of the molecule is COc1ccc(CN(CCN)CCN)cc1F. The number of ether oxygens (including phenoxy) is 1. The van der Waals surface area contributed by atoms with Gasteiger partial charge in [-0.2, -0.15) is 0 Å². The Hall–Kier alpha value is -1.17. The molecule has 0 aliphatic rings. The Balaban J connectivity index is 2.68. The van der Waals surface area contributed by atoms with Crippen LogP contribution in [-0.2, 0) is 6.54 Å². The van der Waals surface area contributed by atoms with Crippen LogP contribution in [0.15, 0.2) is 18.2 Å². The van der Waals surface area contributed by atoms with Crippen molar-refractivity contribution in [3.63, 3.8) is 0 Å². The fourth-order valence-corrected chi connectivity index (χ4v) is 1.70. The molecule has 0 spiro atoms. The van der Waals surface area contributed by atoms with E-state index in [4.69, 9.17) is 16.2 Å². The number of hydrogen-bond donors (Lipinski definition) is 2. The fourth-order valence-electron chi connectivity index (χ4n) is 1.70. The van der Waals surface area contributed by atoms with E-state index in [0.29, 0.717) is 19.6 Å². The van der Waals surface area contributed by atoms with Crippen LogP contribution in [0.5, 0.6) is 5.75 Å². The first-order valence-electron chi connectivity index (χ1n) is 5.66. The van der Waals surface area contributed by atoms with Crippen LogP contribution in [0.3, 0.4) is 0 Å². The summed E-state index contributed by atoms with van der Waals surface area (Å²) < 4.78 is 18.4. The molecule has 1 rings (SSSR count). The van der Waals surface area contributed by atoms with Crippen LogP contribution in [0.4, 0.5) is 4.39 Å². The van der Waals surface area contributed by atoms with Gasteiger partial charge >= 0.3 is 0 Å². The first kappa shape index (κ1) is 13.9. The van der Waals surface area contributed by atoms with E-state index in [0.717, 1.165) is 18.7 Å². The Bertz CT molecular complexity index is 341. The van der Waals surface area contributed by atoms with Gasteiger partial charge in [-0.05, 0) is 17.7 Å². The largest absolute Gasteiger partial charge is 0.494 e. The standard InChI is InChI=1S/C12H20FN3O/c1-17-12-3-2-10(8-11(12)13)9-16(6-4-14)7-5-15/h2-3,8H,4-7,9,14-15H2,1H3. The summed E-state index contributed by atoms with van der Waals surface area (Å²) in [6, 6.07) is 4.97. The second-order valence-corrected chi connectivity index (χ2v) is 3.82. The molecule has 0 saturated heterocycles. The fraction of sp³-hybridized carbons (Fsp3) is 0.500. The van der Waals surface area contributed by atoms with Gasteiger partial charge < -0.3 is 16.2 Å². The lowest BCUT2D eigenvalue weighted by atomic mass is 10.2. The average molecular weight is 241 g/mol. The van der Waals surface area contributed by atoms with Crippen LogP contribution in [0.2, 0.25) is 0 Å². The lowest BCUT2D eigenvalue weighted by Crippen LogP contribution is -2.33. The number of halogens is 1. The molecule has 0 radical (unpaired) electrons. The third-order valence-electron chi connectivity index (χ3n) is 2.51. The van der Waals surface area contributed by atoms with Crippen LogP contribution in [-0.4, -0.2) is 38.2 Å². The number of nitrogens with two attached hydrogens (primary N) is 2. The zero-order chi connectivity index (χ0) is 12.7. The molecule has 4 N–H and O–H groups in total. The molecule has 4 nitrogen and oxygen atoms in total. The van der Waals surface area contributed by atoms with Crippen LogP contribution in [0.1, 0.15) is 5.56 Å². The van der Waals surface area contributed by atoms with Crippen molar-refractivity contribution < 1.29 is 9.13 Å². The van der Waals surface area contributed by atoms with Gasteiger partial charge in [-0.1, -0.05) is 6.07 Å². The molecule has 0 heterocycles. The molecule has 1 aromatic rings. The number of hydrogen-bond acceptors (Lipinski definition) is 4. The van der Waals surface area contributed by atoms with Crippen molar-refractivity contribution in [2.24, 2.45) is 11.5 Å². The molecular weight excluding hydrogens is 221 g/mol. The van der Waals surface area contributed by atoms with Gasteiger partial charge in [0.1, 0.15) is 0 Å². The zero-order valence-electron chi connectivity index (χ0n) is 10.2. The minimum Gasteiger partial charge on any atom is -0.494 e. The first-order chi connectivity index (χ1) is 8.21. The van der Waals surface area contributed by atoms with E-state index in [1.807, 2.05) is 6.07 Å². The van der Waals surface area contributed by atoms with E-state index in [1.54, 1.807) is 6.07 Å². The van der Waals surface area contributed by atoms with Crippen molar-refractivity contribution in [3.05, 3.63) is 29.6 Å².